The lowest BCUT2D eigenvalue weighted by Gasteiger charge is -2.20. The first-order chi connectivity index (χ1) is 12.4. The van der Waals surface area contributed by atoms with Crippen molar-refractivity contribution in [3.63, 3.8) is 0 Å². The van der Waals surface area contributed by atoms with Crippen LogP contribution >= 0.6 is 0 Å². The molecule has 0 aliphatic heterocycles. The van der Waals surface area contributed by atoms with Gasteiger partial charge in [-0.25, -0.2) is 18.2 Å². The molecule has 0 fully saturated rings. The van der Waals surface area contributed by atoms with Gasteiger partial charge in [0, 0.05) is 24.2 Å². The van der Waals surface area contributed by atoms with Gasteiger partial charge in [0.1, 0.15) is 11.6 Å². The first-order valence-corrected chi connectivity index (χ1v) is 8.49. The number of halogens is 3. The Bertz CT molecular complexity index is 754. The minimum atomic E-state index is -1.03. The van der Waals surface area contributed by atoms with Gasteiger partial charge in [0.15, 0.2) is 11.6 Å². The Morgan fingerprint density at radius 3 is 2.42 bits per heavy atom. The van der Waals surface area contributed by atoms with Crippen LogP contribution in [0.3, 0.4) is 0 Å². The Morgan fingerprint density at radius 1 is 1.12 bits per heavy atom. The fourth-order valence-corrected chi connectivity index (χ4v) is 2.50. The molecule has 7 heteroatoms. The third-order valence-electron chi connectivity index (χ3n) is 4.05. The molecular weight excluding hydrogens is 345 g/mol. The molecule has 0 aliphatic rings. The summed E-state index contributed by atoms with van der Waals surface area (Å²) in [6.07, 6.45) is 0. The van der Waals surface area contributed by atoms with Crippen molar-refractivity contribution < 1.29 is 23.0 Å². The average Bonchev–Trinajstić information content (AvgIpc) is 2.60. The summed E-state index contributed by atoms with van der Waals surface area (Å²) in [6, 6.07) is 4.35. The van der Waals surface area contributed by atoms with Gasteiger partial charge < -0.3 is 15.2 Å². The van der Waals surface area contributed by atoms with Crippen molar-refractivity contribution in [2.45, 2.75) is 33.4 Å². The van der Waals surface area contributed by atoms with E-state index in [0.717, 1.165) is 12.1 Å². The van der Waals surface area contributed by atoms with Crippen LogP contribution in [0.15, 0.2) is 24.3 Å². The second kappa shape index (κ2) is 9.00. The SMILES string of the molecule is CCOc1cc(F)c(F)cc1-c1ccc(F)c(CN[C@@H](CO)C(C)C)n1. The maximum absolute atomic E-state index is 14.1. The van der Waals surface area contributed by atoms with Crippen molar-refractivity contribution in [3.8, 4) is 17.0 Å². The number of nitrogens with one attached hydrogen (secondary N) is 1. The summed E-state index contributed by atoms with van der Waals surface area (Å²) in [5, 5.41) is 12.4. The number of aliphatic hydroxyl groups is 1. The zero-order valence-electron chi connectivity index (χ0n) is 15.0. The van der Waals surface area contributed by atoms with Gasteiger partial charge in [0.2, 0.25) is 0 Å². The van der Waals surface area contributed by atoms with Gasteiger partial charge in [0.05, 0.1) is 24.6 Å². The Hall–Kier alpha value is -2.12. The van der Waals surface area contributed by atoms with E-state index in [4.69, 9.17) is 4.74 Å². The van der Waals surface area contributed by atoms with E-state index < -0.39 is 17.5 Å². The van der Waals surface area contributed by atoms with E-state index in [1.54, 1.807) is 6.92 Å². The molecule has 2 rings (SSSR count). The quantitative estimate of drug-likeness (QED) is 0.747. The topological polar surface area (TPSA) is 54.4 Å². The molecule has 0 radical (unpaired) electrons. The molecule has 1 heterocycles. The van der Waals surface area contributed by atoms with Gasteiger partial charge in [-0.3, -0.25) is 0 Å². The van der Waals surface area contributed by atoms with E-state index in [9.17, 15) is 18.3 Å². The summed E-state index contributed by atoms with van der Waals surface area (Å²) in [7, 11) is 0. The maximum atomic E-state index is 14.1. The Balaban J connectivity index is 2.36. The standard InChI is InChI=1S/C19H23F3N2O2/c1-4-26-19-8-15(22)14(21)7-12(19)16-6-5-13(20)17(24-16)9-23-18(10-25)11(2)3/h5-8,11,18,23,25H,4,9-10H2,1-3H3/t18-/m0/s1. The fourth-order valence-electron chi connectivity index (χ4n) is 2.50. The number of aromatic nitrogens is 1. The number of hydrogen-bond donors (Lipinski definition) is 2. The Kier molecular flexibility index (Phi) is 6.99. The van der Waals surface area contributed by atoms with Crippen LogP contribution in [0.2, 0.25) is 0 Å². The lowest BCUT2D eigenvalue weighted by atomic mass is 10.1. The van der Waals surface area contributed by atoms with Gasteiger partial charge in [0.25, 0.3) is 0 Å². The molecule has 2 aromatic rings. The van der Waals surface area contributed by atoms with Gasteiger partial charge in [-0.15, -0.1) is 0 Å². The van der Waals surface area contributed by atoms with E-state index in [0.29, 0.717) is 0 Å². The van der Waals surface area contributed by atoms with Gasteiger partial charge >= 0.3 is 0 Å². The third-order valence-corrected chi connectivity index (χ3v) is 4.05. The van der Waals surface area contributed by atoms with Gasteiger partial charge in [-0.2, -0.15) is 0 Å². The molecule has 0 spiro atoms. The lowest BCUT2D eigenvalue weighted by Crippen LogP contribution is -2.36. The first kappa shape index (κ1) is 20.2. The molecule has 26 heavy (non-hydrogen) atoms. The van der Waals surface area contributed by atoms with Crippen LogP contribution in [0, 0.1) is 23.4 Å². The highest BCUT2D eigenvalue weighted by Gasteiger charge is 2.17. The summed E-state index contributed by atoms with van der Waals surface area (Å²) in [5.41, 5.74) is 0.638. The zero-order chi connectivity index (χ0) is 19.3. The molecule has 1 aromatic carbocycles. The fraction of sp³-hybridized carbons (Fsp3) is 0.421. The minimum Gasteiger partial charge on any atom is -0.493 e. The molecule has 0 aliphatic carbocycles. The van der Waals surface area contributed by atoms with E-state index in [-0.39, 0.29) is 54.4 Å². The molecule has 2 N–H and O–H groups in total. The molecule has 1 aromatic heterocycles. The van der Waals surface area contributed by atoms with Crippen molar-refractivity contribution >= 4 is 0 Å². The molecule has 0 bridgehead atoms. The predicted molar refractivity (Wildman–Crippen MR) is 93.3 cm³/mol. The summed E-state index contributed by atoms with van der Waals surface area (Å²) in [6.45, 7) is 5.86. The number of aliphatic hydroxyl groups excluding tert-OH is 1. The smallest absolute Gasteiger partial charge is 0.162 e. The minimum absolute atomic E-state index is 0.0867. The third kappa shape index (κ3) is 4.74. The van der Waals surface area contributed by atoms with Crippen LogP contribution in [0.4, 0.5) is 13.2 Å². The summed E-state index contributed by atoms with van der Waals surface area (Å²) in [5.74, 6) is -2.29. The van der Waals surface area contributed by atoms with E-state index in [2.05, 4.69) is 10.3 Å². The predicted octanol–water partition coefficient (Wildman–Crippen LogP) is 3.67. The molecule has 0 unspecified atom stereocenters. The van der Waals surface area contributed by atoms with Crippen molar-refractivity contribution in [1.29, 1.82) is 0 Å². The van der Waals surface area contributed by atoms with Crippen LogP contribution < -0.4 is 10.1 Å². The van der Waals surface area contributed by atoms with Crippen molar-refractivity contribution in [3.05, 3.63) is 47.4 Å². The van der Waals surface area contributed by atoms with E-state index in [1.165, 1.54) is 12.1 Å². The summed E-state index contributed by atoms with van der Waals surface area (Å²) >= 11 is 0. The summed E-state index contributed by atoms with van der Waals surface area (Å²) < 4.78 is 46.6. The van der Waals surface area contributed by atoms with Crippen LogP contribution in [0.1, 0.15) is 26.5 Å². The van der Waals surface area contributed by atoms with Gasteiger partial charge in [-0.05, 0) is 31.0 Å². The van der Waals surface area contributed by atoms with Crippen molar-refractivity contribution in [2.75, 3.05) is 13.2 Å². The van der Waals surface area contributed by atoms with Crippen LogP contribution in [-0.2, 0) is 6.54 Å². The number of ether oxygens (including phenoxy) is 1. The largest absolute Gasteiger partial charge is 0.493 e. The molecule has 0 saturated heterocycles. The van der Waals surface area contributed by atoms with E-state index >= 15 is 0 Å². The highest BCUT2D eigenvalue weighted by Crippen LogP contribution is 2.31. The number of pyridine rings is 1. The molecule has 0 amide bonds. The molecule has 1 atom stereocenters. The van der Waals surface area contributed by atoms with E-state index in [1.807, 2.05) is 13.8 Å². The number of benzene rings is 1. The average molecular weight is 368 g/mol. The highest BCUT2D eigenvalue weighted by atomic mass is 19.2. The number of hydrogen-bond acceptors (Lipinski definition) is 4. The van der Waals surface area contributed by atoms with Crippen molar-refractivity contribution in [2.24, 2.45) is 5.92 Å². The Morgan fingerprint density at radius 2 is 1.81 bits per heavy atom. The second-order valence-corrected chi connectivity index (χ2v) is 6.23. The number of nitrogens with zero attached hydrogens (tertiary/aromatic N) is 1. The van der Waals surface area contributed by atoms with Crippen LogP contribution in [0.5, 0.6) is 5.75 Å². The normalized spacial score (nSPS) is 12.5. The Labute approximate surface area is 151 Å². The molecular formula is C19H23F3N2O2. The summed E-state index contributed by atoms with van der Waals surface area (Å²) in [4.78, 5) is 4.23. The molecule has 0 saturated carbocycles. The number of rotatable bonds is 8. The first-order valence-electron chi connectivity index (χ1n) is 8.49. The van der Waals surface area contributed by atoms with Crippen LogP contribution in [-0.4, -0.2) is 29.3 Å². The van der Waals surface area contributed by atoms with Crippen molar-refractivity contribution in [1.82, 2.24) is 10.3 Å². The van der Waals surface area contributed by atoms with Crippen LogP contribution in [0.25, 0.3) is 11.3 Å². The second-order valence-electron chi connectivity index (χ2n) is 6.23. The molecule has 4 nitrogen and oxygen atoms in total. The van der Waals surface area contributed by atoms with Gasteiger partial charge in [-0.1, -0.05) is 13.8 Å². The molecule has 142 valence electrons. The zero-order valence-corrected chi connectivity index (χ0v) is 15.0. The monoisotopic (exact) mass is 368 g/mol. The highest BCUT2D eigenvalue weighted by molar-refractivity contribution is 5.67. The maximum Gasteiger partial charge on any atom is 0.162 e. The lowest BCUT2D eigenvalue weighted by molar-refractivity contribution is 0.209.